The molecule has 1 rings (SSSR count). The van der Waals surface area contributed by atoms with Crippen molar-refractivity contribution in [2.24, 2.45) is 5.92 Å². The van der Waals surface area contributed by atoms with Crippen LogP contribution in [0.4, 0.5) is 0 Å². The van der Waals surface area contributed by atoms with E-state index in [1.54, 1.807) is 6.92 Å². The summed E-state index contributed by atoms with van der Waals surface area (Å²) >= 11 is 0. The first-order valence-electron chi connectivity index (χ1n) is 5.09. The number of hydrogen-bond acceptors (Lipinski definition) is 4. The van der Waals surface area contributed by atoms with E-state index in [2.05, 4.69) is 5.32 Å². The Morgan fingerprint density at radius 3 is 2.79 bits per heavy atom. The van der Waals surface area contributed by atoms with Crippen LogP contribution in [0.1, 0.15) is 19.8 Å². The Hall–Kier alpha value is -0.130. The van der Waals surface area contributed by atoms with Crippen LogP contribution >= 0.6 is 0 Å². The van der Waals surface area contributed by atoms with Crippen LogP contribution in [0.5, 0.6) is 0 Å². The quantitative estimate of drug-likeness (QED) is 0.630. The first-order valence-corrected chi connectivity index (χ1v) is 6.91. The third kappa shape index (κ3) is 4.39. The van der Waals surface area contributed by atoms with Crippen molar-refractivity contribution in [2.75, 3.05) is 24.6 Å². The molecule has 1 fully saturated rings. The Morgan fingerprint density at radius 1 is 1.57 bits per heavy atom. The van der Waals surface area contributed by atoms with Crippen LogP contribution in [0.3, 0.4) is 0 Å². The van der Waals surface area contributed by atoms with E-state index in [1.165, 1.54) is 0 Å². The fourth-order valence-corrected chi connectivity index (χ4v) is 3.51. The van der Waals surface area contributed by atoms with Crippen molar-refractivity contribution in [2.45, 2.75) is 25.9 Å². The molecule has 0 radical (unpaired) electrons. The van der Waals surface area contributed by atoms with E-state index in [0.29, 0.717) is 11.5 Å². The lowest BCUT2D eigenvalue weighted by atomic mass is 10.1. The van der Waals surface area contributed by atoms with Crippen LogP contribution in [-0.2, 0) is 9.84 Å². The van der Waals surface area contributed by atoms with Crippen molar-refractivity contribution < 1.29 is 13.5 Å². The van der Waals surface area contributed by atoms with Gasteiger partial charge in [0, 0.05) is 0 Å². The molecule has 0 bridgehead atoms. The van der Waals surface area contributed by atoms with E-state index >= 15 is 0 Å². The van der Waals surface area contributed by atoms with Gasteiger partial charge in [-0.25, -0.2) is 8.42 Å². The Labute approximate surface area is 85.6 Å². The highest BCUT2D eigenvalue weighted by Crippen LogP contribution is 2.17. The summed E-state index contributed by atoms with van der Waals surface area (Å²) in [5.74, 6) is 0.943. The maximum atomic E-state index is 11.1. The van der Waals surface area contributed by atoms with Gasteiger partial charge in [0.15, 0.2) is 9.84 Å². The third-order valence-corrected chi connectivity index (χ3v) is 4.34. The predicted molar refractivity (Wildman–Crippen MR) is 55.9 cm³/mol. The summed E-state index contributed by atoms with van der Waals surface area (Å²) in [6.45, 7) is 3.27. The van der Waals surface area contributed by atoms with Crippen LogP contribution < -0.4 is 5.32 Å². The third-order valence-electron chi connectivity index (χ3n) is 2.50. The topological polar surface area (TPSA) is 66.4 Å². The van der Waals surface area contributed by atoms with Crippen molar-refractivity contribution in [1.82, 2.24) is 5.32 Å². The second-order valence-corrected chi connectivity index (χ2v) is 6.34. The average Bonchev–Trinajstić information content (AvgIpc) is 2.39. The predicted octanol–water partition coefficient (Wildman–Crippen LogP) is -0.218. The molecule has 2 N–H and O–H groups in total. The second-order valence-electron chi connectivity index (χ2n) is 4.11. The Morgan fingerprint density at radius 2 is 2.29 bits per heavy atom. The Kier molecular flexibility index (Phi) is 4.34. The molecule has 1 aliphatic rings. The van der Waals surface area contributed by atoms with Crippen LogP contribution in [0, 0.1) is 5.92 Å². The highest BCUT2D eigenvalue weighted by atomic mass is 32.2. The number of rotatable bonds is 5. The molecule has 0 aliphatic carbocycles. The van der Waals surface area contributed by atoms with Crippen molar-refractivity contribution in [3.05, 3.63) is 0 Å². The SMILES string of the molecule is CC(O)CCNCC1CCS(=O)(=O)C1. The number of sulfone groups is 1. The van der Waals surface area contributed by atoms with Gasteiger partial charge in [-0.1, -0.05) is 0 Å². The van der Waals surface area contributed by atoms with Gasteiger partial charge >= 0.3 is 0 Å². The summed E-state index contributed by atoms with van der Waals surface area (Å²) in [5.41, 5.74) is 0. The molecular formula is C9H19NO3S. The van der Waals surface area contributed by atoms with Crippen LogP contribution in [0.25, 0.3) is 0 Å². The molecule has 1 saturated heterocycles. The molecule has 2 atom stereocenters. The minimum absolute atomic E-state index is 0.272. The molecule has 0 aromatic carbocycles. The van der Waals surface area contributed by atoms with E-state index in [0.717, 1.165) is 25.9 Å². The second kappa shape index (κ2) is 5.09. The molecule has 84 valence electrons. The molecule has 0 aromatic rings. The minimum atomic E-state index is -2.74. The molecule has 0 amide bonds. The lowest BCUT2D eigenvalue weighted by Crippen LogP contribution is -2.26. The highest BCUT2D eigenvalue weighted by Gasteiger charge is 2.27. The van der Waals surface area contributed by atoms with Gasteiger partial charge in [0.1, 0.15) is 0 Å². The van der Waals surface area contributed by atoms with Gasteiger partial charge < -0.3 is 10.4 Å². The smallest absolute Gasteiger partial charge is 0.150 e. The number of aliphatic hydroxyl groups excluding tert-OH is 1. The normalized spacial score (nSPS) is 27.7. The van der Waals surface area contributed by atoms with Gasteiger partial charge in [-0.3, -0.25) is 0 Å². The molecule has 5 heteroatoms. The van der Waals surface area contributed by atoms with E-state index in [9.17, 15) is 8.42 Å². The minimum Gasteiger partial charge on any atom is -0.393 e. The number of hydrogen-bond donors (Lipinski definition) is 2. The Balaban J connectivity index is 2.09. The molecule has 1 aliphatic heterocycles. The monoisotopic (exact) mass is 221 g/mol. The van der Waals surface area contributed by atoms with Crippen LogP contribution in [0.15, 0.2) is 0 Å². The zero-order valence-electron chi connectivity index (χ0n) is 8.57. The Bertz CT molecular complexity index is 261. The number of aliphatic hydroxyl groups is 1. The van der Waals surface area contributed by atoms with Crippen molar-refractivity contribution in [1.29, 1.82) is 0 Å². The number of nitrogens with one attached hydrogen (secondary N) is 1. The summed E-state index contributed by atoms with van der Waals surface area (Å²) in [6.07, 6.45) is 1.22. The van der Waals surface area contributed by atoms with Crippen molar-refractivity contribution in [3.8, 4) is 0 Å². The summed E-state index contributed by atoms with van der Waals surface area (Å²) in [5, 5.41) is 12.2. The molecule has 14 heavy (non-hydrogen) atoms. The van der Waals surface area contributed by atoms with E-state index < -0.39 is 9.84 Å². The van der Waals surface area contributed by atoms with Gasteiger partial charge in [0.05, 0.1) is 17.6 Å². The molecule has 0 aromatic heterocycles. The molecular weight excluding hydrogens is 202 g/mol. The standard InChI is InChI=1S/C9H19NO3S/c1-8(11)2-4-10-6-9-3-5-14(12,13)7-9/h8-11H,2-7H2,1H3. The molecule has 1 heterocycles. The van der Waals surface area contributed by atoms with E-state index in [-0.39, 0.29) is 12.0 Å². The van der Waals surface area contributed by atoms with Crippen LogP contribution in [0.2, 0.25) is 0 Å². The largest absolute Gasteiger partial charge is 0.393 e. The van der Waals surface area contributed by atoms with E-state index in [4.69, 9.17) is 5.11 Å². The van der Waals surface area contributed by atoms with Gasteiger partial charge in [0.2, 0.25) is 0 Å². The average molecular weight is 221 g/mol. The van der Waals surface area contributed by atoms with Gasteiger partial charge in [-0.2, -0.15) is 0 Å². The fraction of sp³-hybridized carbons (Fsp3) is 1.00. The van der Waals surface area contributed by atoms with Crippen molar-refractivity contribution >= 4 is 9.84 Å². The molecule has 0 saturated carbocycles. The maximum absolute atomic E-state index is 11.1. The van der Waals surface area contributed by atoms with Crippen molar-refractivity contribution in [3.63, 3.8) is 0 Å². The molecule has 0 spiro atoms. The van der Waals surface area contributed by atoms with Gasteiger partial charge in [-0.15, -0.1) is 0 Å². The molecule has 4 nitrogen and oxygen atoms in total. The summed E-state index contributed by atoms with van der Waals surface area (Å²) in [4.78, 5) is 0. The fourth-order valence-electron chi connectivity index (χ4n) is 1.65. The highest BCUT2D eigenvalue weighted by molar-refractivity contribution is 7.91. The summed E-state index contributed by atoms with van der Waals surface area (Å²) in [6, 6.07) is 0. The first kappa shape index (κ1) is 11.9. The first-order chi connectivity index (χ1) is 6.49. The zero-order valence-corrected chi connectivity index (χ0v) is 9.39. The summed E-state index contributed by atoms with van der Waals surface area (Å²) < 4.78 is 22.2. The molecule has 2 unspecified atom stereocenters. The maximum Gasteiger partial charge on any atom is 0.150 e. The van der Waals surface area contributed by atoms with Crippen LogP contribution in [-0.4, -0.2) is 44.2 Å². The zero-order chi connectivity index (χ0) is 10.6. The lowest BCUT2D eigenvalue weighted by Gasteiger charge is -2.10. The summed E-state index contributed by atoms with van der Waals surface area (Å²) in [7, 11) is -2.74. The van der Waals surface area contributed by atoms with Gasteiger partial charge in [-0.05, 0) is 38.8 Å². The van der Waals surface area contributed by atoms with Gasteiger partial charge in [0.25, 0.3) is 0 Å². The lowest BCUT2D eigenvalue weighted by molar-refractivity contribution is 0.183. The van der Waals surface area contributed by atoms with E-state index in [1.807, 2.05) is 0 Å².